The largest absolute Gasteiger partial charge is 0.491 e. The van der Waals surface area contributed by atoms with Crippen molar-refractivity contribution in [1.29, 1.82) is 0 Å². The van der Waals surface area contributed by atoms with Gasteiger partial charge in [-0.15, -0.1) is 0 Å². The minimum atomic E-state index is 0.0543. The number of carbonyl (C=O) groups is 1. The van der Waals surface area contributed by atoms with Crippen LogP contribution in [-0.2, 0) is 4.79 Å². The van der Waals surface area contributed by atoms with Gasteiger partial charge in [-0.1, -0.05) is 18.9 Å². The van der Waals surface area contributed by atoms with Crippen molar-refractivity contribution in [2.75, 3.05) is 25.0 Å². The van der Waals surface area contributed by atoms with Crippen LogP contribution in [0, 0.1) is 0 Å². The van der Waals surface area contributed by atoms with Gasteiger partial charge in [-0.25, -0.2) is 0 Å². The molecule has 0 bridgehead atoms. The van der Waals surface area contributed by atoms with Crippen LogP contribution < -0.4 is 10.1 Å². The Labute approximate surface area is 127 Å². The summed E-state index contributed by atoms with van der Waals surface area (Å²) >= 11 is 0. The van der Waals surface area contributed by atoms with E-state index in [2.05, 4.69) is 10.2 Å². The van der Waals surface area contributed by atoms with Crippen LogP contribution in [0.5, 0.6) is 5.75 Å². The third kappa shape index (κ3) is 5.76. The molecule has 4 heteroatoms. The molecular weight excluding hydrogens is 264 g/mol. The van der Waals surface area contributed by atoms with E-state index in [9.17, 15) is 4.79 Å². The second-order valence-corrected chi connectivity index (χ2v) is 5.93. The summed E-state index contributed by atoms with van der Waals surface area (Å²) in [7, 11) is 0. The Balaban J connectivity index is 1.86. The smallest absolute Gasteiger partial charge is 0.238 e. The summed E-state index contributed by atoms with van der Waals surface area (Å²) in [4.78, 5) is 14.4. The highest BCUT2D eigenvalue weighted by Gasteiger charge is 2.13. The second kappa shape index (κ2) is 8.03. The van der Waals surface area contributed by atoms with Crippen molar-refractivity contribution in [2.45, 2.75) is 45.6 Å². The van der Waals surface area contributed by atoms with Gasteiger partial charge in [0.05, 0.1) is 12.6 Å². The van der Waals surface area contributed by atoms with Crippen molar-refractivity contribution in [3.63, 3.8) is 0 Å². The number of hydrogen-bond acceptors (Lipinski definition) is 3. The molecule has 1 aliphatic rings. The molecule has 0 spiro atoms. The van der Waals surface area contributed by atoms with Gasteiger partial charge in [0.1, 0.15) is 5.75 Å². The van der Waals surface area contributed by atoms with E-state index in [4.69, 9.17) is 4.74 Å². The first-order chi connectivity index (χ1) is 10.1. The molecule has 1 aromatic rings. The number of carbonyl (C=O) groups excluding carboxylic acids is 1. The van der Waals surface area contributed by atoms with Gasteiger partial charge in [-0.05, 0) is 51.9 Å². The van der Waals surface area contributed by atoms with Crippen molar-refractivity contribution in [1.82, 2.24) is 4.90 Å². The number of rotatable bonds is 5. The Hall–Kier alpha value is -1.55. The predicted octanol–water partition coefficient (Wildman–Crippen LogP) is 3.29. The lowest BCUT2D eigenvalue weighted by atomic mass is 10.2. The van der Waals surface area contributed by atoms with Gasteiger partial charge >= 0.3 is 0 Å². The van der Waals surface area contributed by atoms with Gasteiger partial charge in [0.25, 0.3) is 0 Å². The van der Waals surface area contributed by atoms with E-state index in [-0.39, 0.29) is 12.0 Å². The maximum Gasteiger partial charge on any atom is 0.238 e. The van der Waals surface area contributed by atoms with E-state index in [0.29, 0.717) is 6.54 Å². The third-order valence-corrected chi connectivity index (χ3v) is 3.56. The number of nitrogens with zero attached hydrogens (tertiary/aromatic N) is 1. The van der Waals surface area contributed by atoms with Crippen LogP contribution in [0.1, 0.15) is 39.5 Å². The summed E-state index contributed by atoms with van der Waals surface area (Å²) < 4.78 is 5.64. The van der Waals surface area contributed by atoms with Crippen LogP contribution in [0.15, 0.2) is 24.3 Å². The number of likely N-dealkylation sites (tertiary alicyclic amines) is 1. The summed E-state index contributed by atoms with van der Waals surface area (Å²) in [5.74, 6) is 0.844. The molecule has 0 radical (unpaired) electrons. The van der Waals surface area contributed by atoms with Crippen LogP contribution in [0.4, 0.5) is 5.69 Å². The zero-order valence-corrected chi connectivity index (χ0v) is 13.1. The van der Waals surface area contributed by atoms with Crippen LogP contribution in [0.2, 0.25) is 0 Å². The van der Waals surface area contributed by atoms with Crippen molar-refractivity contribution >= 4 is 11.6 Å². The van der Waals surface area contributed by atoms with Gasteiger partial charge in [0.15, 0.2) is 0 Å². The molecule has 1 amide bonds. The minimum Gasteiger partial charge on any atom is -0.491 e. The molecule has 4 nitrogen and oxygen atoms in total. The summed E-state index contributed by atoms with van der Waals surface area (Å²) in [6.45, 7) is 6.53. The van der Waals surface area contributed by atoms with Gasteiger partial charge in [0, 0.05) is 11.8 Å². The molecule has 1 heterocycles. The maximum absolute atomic E-state index is 12.1. The summed E-state index contributed by atoms with van der Waals surface area (Å²) in [6.07, 6.45) is 5.10. The number of hydrogen-bond donors (Lipinski definition) is 1. The molecule has 0 aliphatic carbocycles. The van der Waals surface area contributed by atoms with E-state index in [0.717, 1.165) is 24.5 Å². The Kier molecular flexibility index (Phi) is 6.05. The van der Waals surface area contributed by atoms with Crippen molar-refractivity contribution in [2.24, 2.45) is 0 Å². The SMILES string of the molecule is CC(C)Oc1cccc(NC(=O)CN2CCCCCC2)c1. The summed E-state index contributed by atoms with van der Waals surface area (Å²) in [5.41, 5.74) is 0.799. The predicted molar refractivity (Wildman–Crippen MR) is 85.7 cm³/mol. The molecule has 1 saturated heterocycles. The lowest BCUT2D eigenvalue weighted by Crippen LogP contribution is -2.33. The Morgan fingerprint density at radius 1 is 1.24 bits per heavy atom. The molecule has 1 aromatic carbocycles. The number of benzene rings is 1. The maximum atomic E-state index is 12.1. The van der Waals surface area contributed by atoms with E-state index in [1.165, 1.54) is 25.7 Å². The average Bonchev–Trinajstić information content (AvgIpc) is 2.66. The quantitative estimate of drug-likeness (QED) is 0.904. The summed E-state index contributed by atoms with van der Waals surface area (Å²) in [6, 6.07) is 7.58. The number of ether oxygens (including phenoxy) is 1. The molecule has 0 saturated carbocycles. The number of amides is 1. The molecule has 1 N–H and O–H groups in total. The Morgan fingerprint density at radius 3 is 2.62 bits per heavy atom. The topological polar surface area (TPSA) is 41.6 Å². The second-order valence-electron chi connectivity index (χ2n) is 5.93. The van der Waals surface area contributed by atoms with E-state index >= 15 is 0 Å². The van der Waals surface area contributed by atoms with Crippen LogP contribution >= 0.6 is 0 Å². The summed E-state index contributed by atoms with van der Waals surface area (Å²) in [5, 5.41) is 2.96. The molecule has 0 atom stereocenters. The molecule has 0 aromatic heterocycles. The first-order valence-electron chi connectivity index (χ1n) is 7.92. The average molecular weight is 290 g/mol. The van der Waals surface area contributed by atoms with Crippen molar-refractivity contribution in [3.8, 4) is 5.75 Å². The van der Waals surface area contributed by atoms with Crippen LogP contribution in [0.25, 0.3) is 0 Å². The third-order valence-electron chi connectivity index (χ3n) is 3.56. The van der Waals surface area contributed by atoms with Crippen LogP contribution in [0.3, 0.4) is 0 Å². The normalized spacial score (nSPS) is 16.5. The number of nitrogens with one attached hydrogen (secondary N) is 1. The molecule has 116 valence electrons. The molecular formula is C17H26N2O2. The zero-order valence-electron chi connectivity index (χ0n) is 13.1. The van der Waals surface area contributed by atoms with Gasteiger partial charge in [-0.2, -0.15) is 0 Å². The monoisotopic (exact) mass is 290 g/mol. The van der Waals surface area contributed by atoms with Gasteiger partial charge < -0.3 is 10.1 Å². The number of anilines is 1. The van der Waals surface area contributed by atoms with Crippen molar-refractivity contribution < 1.29 is 9.53 Å². The first kappa shape index (κ1) is 15.8. The van der Waals surface area contributed by atoms with E-state index in [1.54, 1.807) is 0 Å². The molecule has 1 aliphatic heterocycles. The highest BCUT2D eigenvalue weighted by molar-refractivity contribution is 5.92. The zero-order chi connectivity index (χ0) is 15.1. The Morgan fingerprint density at radius 2 is 1.95 bits per heavy atom. The highest BCUT2D eigenvalue weighted by atomic mass is 16.5. The van der Waals surface area contributed by atoms with E-state index in [1.807, 2.05) is 38.1 Å². The fourth-order valence-electron chi connectivity index (χ4n) is 2.62. The first-order valence-corrected chi connectivity index (χ1v) is 7.92. The lowest BCUT2D eigenvalue weighted by molar-refractivity contribution is -0.117. The molecule has 2 rings (SSSR count). The molecule has 21 heavy (non-hydrogen) atoms. The fraction of sp³-hybridized carbons (Fsp3) is 0.588. The van der Waals surface area contributed by atoms with Gasteiger partial charge in [0.2, 0.25) is 5.91 Å². The molecule has 0 unspecified atom stereocenters. The Bertz CT molecular complexity index is 452. The fourth-order valence-corrected chi connectivity index (χ4v) is 2.62. The lowest BCUT2D eigenvalue weighted by Gasteiger charge is -2.19. The van der Waals surface area contributed by atoms with E-state index < -0.39 is 0 Å². The van der Waals surface area contributed by atoms with Gasteiger partial charge in [-0.3, -0.25) is 9.69 Å². The minimum absolute atomic E-state index is 0.0543. The standard InChI is InChI=1S/C17H26N2O2/c1-14(2)21-16-9-7-8-15(12-16)18-17(20)13-19-10-5-3-4-6-11-19/h7-9,12,14H,3-6,10-11,13H2,1-2H3,(H,18,20). The molecule has 1 fully saturated rings. The highest BCUT2D eigenvalue weighted by Crippen LogP contribution is 2.18. The van der Waals surface area contributed by atoms with Crippen molar-refractivity contribution in [3.05, 3.63) is 24.3 Å². The van der Waals surface area contributed by atoms with Crippen LogP contribution in [-0.4, -0.2) is 36.5 Å².